The molecule has 5 heteroatoms. The van der Waals surface area contributed by atoms with Crippen LogP contribution in [0.1, 0.15) is 32.2 Å². The molecule has 0 fully saturated rings. The van der Waals surface area contributed by atoms with Crippen LogP contribution in [0.15, 0.2) is 4.47 Å². The van der Waals surface area contributed by atoms with E-state index in [0.29, 0.717) is 0 Å². The van der Waals surface area contributed by atoms with Gasteiger partial charge in [0, 0.05) is 26.2 Å². The van der Waals surface area contributed by atoms with Crippen LogP contribution in [0.5, 0.6) is 0 Å². The molecule has 0 saturated carbocycles. The molecule has 1 aromatic rings. The fraction of sp³-hybridized carbons (Fsp3) is 0.750. The molecule has 98 valence electrons. The van der Waals surface area contributed by atoms with Crippen LogP contribution in [0.4, 0.5) is 0 Å². The van der Waals surface area contributed by atoms with E-state index in [2.05, 4.69) is 44.9 Å². The molecule has 0 saturated heterocycles. The van der Waals surface area contributed by atoms with E-state index in [9.17, 15) is 0 Å². The molecule has 1 aromatic heterocycles. The highest BCUT2D eigenvalue weighted by molar-refractivity contribution is 9.10. The Balaban J connectivity index is 2.54. The first-order chi connectivity index (χ1) is 8.24. The highest BCUT2D eigenvalue weighted by atomic mass is 79.9. The van der Waals surface area contributed by atoms with Gasteiger partial charge in [-0.05, 0) is 36.2 Å². The minimum Gasteiger partial charge on any atom is -0.380 e. The van der Waals surface area contributed by atoms with Crippen LogP contribution in [0.3, 0.4) is 0 Å². The Morgan fingerprint density at radius 1 is 1.35 bits per heavy atom. The van der Waals surface area contributed by atoms with Crippen molar-refractivity contribution in [2.75, 3.05) is 19.8 Å². The lowest BCUT2D eigenvalue weighted by Crippen LogP contribution is -2.21. The van der Waals surface area contributed by atoms with Gasteiger partial charge in [-0.15, -0.1) is 0 Å². The highest BCUT2D eigenvalue weighted by Crippen LogP contribution is 2.21. The second-order valence-electron chi connectivity index (χ2n) is 3.75. The minimum absolute atomic E-state index is 0.759. The first kappa shape index (κ1) is 14.7. The zero-order chi connectivity index (χ0) is 12.7. The summed E-state index contributed by atoms with van der Waals surface area (Å²) in [6, 6.07) is 0. The predicted molar refractivity (Wildman–Crippen MR) is 73.2 cm³/mol. The van der Waals surface area contributed by atoms with Crippen molar-refractivity contribution < 1.29 is 4.74 Å². The fourth-order valence-corrected chi connectivity index (χ4v) is 2.39. The summed E-state index contributed by atoms with van der Waals surface area (Å²) in [5.41, 5.74) is 2.36. The Labute approximate surface area is 112 Å². The van der Waals surface area contributed by atoms with Crippen molar-refractivity contribution in [2.45, 2.75) is 40.3 Å². The van der Waals surface area contributed by atoms with E-state index in [-0.39, 0.29) is 0 Å². The number of aryl methyl sites for hydroxylation is 2. The lowest BCUT2D eigenvalue weighted by molar-refractivity contribution is 0.149. The Morgan fingerprint density at radius 2 is 2.12 bits per heavy atom. The topological polar surface area (TPSA) is 39.1 Å². The number of hydrogen-bond acceptors (Lipinski definition) is 3. The van der Waals surface area contributed by atoms with Crippen molar-refractivity contribution in [3.8, 4) is 0 Å². The number of halogens is 1. The van der Waals surface area contributed by atoms with E-state index >= 15 is 0 Å². The number of ether oxygens (including phenoxy) is 1. The summed E-state index contributed by atoms with van der Waals surface area (Å²) in [4.78, 5) is 0. The molecule has 1 N–H and O–H groups in total. The van der Waals surface area contributed by atoms with Gasteiger partial charge in [-0.2, -0.15) is 5.10 Å². The summed E-state index contributed by atoms with van der Waals surface area (Å²) in [5, 5.41) is 7.93. The molecule has 4 nitrogen and oxygen atoms in total. The average Bonchev–Trinajstić information content (AvgIpc) is 2.65. The molecule has 0 amide bonds. The van der Waals surface area contributed by atoms with Gasteiger partial charge in [-0.25, -0.2) is 0 Å². The quantitative estimate of drug-likeness (QED) is 0.749. The summed E-state index contributed by atoms with van der Waals surface area (Å²) >= 11 is 3.63. The second kappa shape index (κ2) is 7.84. The number of rotatable bonds is 8. The summed E-state index contributed by atoms with van der Waals surface area (Å²) in [5.74, 6) is 0. The summed E-state index contributed by atoms with van der Waals surface area (Å²) in [6.45, 7) is 10.4. The molecule has 0 aliphatic rings. The van der Waals surface area contributed by atoms with Crippen molar-refractivity contribution in [1.82, 2.24) is 15.1 Å². The van der Waals surface area contributed by atoms with Crippen molar-refractivity contribution in [3.05, 3.63) is 15.9 Å². The van der Waals surface area contributed by atoms with E-state index < -0.39 is 0 Å². The first-order valence-corrected chi connectivity index (χ1v) is 7.06. The third-order valence-electron chi connectivity index (χ3n) is 2.61. The van der Waals surface area contributed by atoms with E-state index in [1.807, 2.05) is 6.92 Å². The van der Waals surface area contributed by atoms with Crippen LogP contribution >= 0.6 is 15.9 Å². The molecule has 17 heavy (non-hydrogen) atoms. The number of hydrogen-bond donors (Lipinski definition) is 1. The molecule has 0 aliphatic heterocycles. The summed E-state index contributed by atoms with van der Waals surface area (Å²) in [6.07, 6.45) is 0.958. The Kier molecular flexibility index (Phi) is 6.77. The molecule has 0 radical (unpaired) electrons. The predicted octanol–water partition coefficient (Wildman–Crippen LogP) is 2.35. The Bertz CT molecular complexity index is 339. The normalized spacial score (nSPS) is 11.1. The molecular formula is C12H22BrN3O. The third-order valence-corrected chi connectivity index (χ3v) is 3.53. The van der Waals surface area contributed by atoms with Gasteiger partial charge in [-0.3, -0.25) is 4.68 Å². The van der Waals surface area contributed by atoms with Gasteiger partial charge in [0.2, 0.25) is 0 Å². The molecule has 0 unspecified atom stereocenters. The maximum Gasteiger partial charge on any atom is 0.0767 e. The van der Waals surface area contributed by atoms with Crippen LogP contribution in [-0.4, -0.2) is 29.5 Å². The number of aromatic nitrogens is 2. The average molecular weight is 304 g/mol. The maximum atomic E-state index is 5.29. The molecule has 0 atom stereocenters. The van der Waals surface area contributed by atoms with Crippen LogP contribution in [0.2, 0.25) is 0 Å². The SMILES string of the molecule is CCOCCNCc1c(Br)c(CC)nn1CC. The van der Waals surface area contributed by atoms with Gasteiger partial charge in [0.1, 0.15) is 0 Å². The van der Waals surface area contributed by atoms with Crippen LogP contribution in [0.25, 0.3) is 0 Å². The van der Waals surface area contributed by atoms with Crippen molar-refractivity contribution in [3.63, 3.8) is 0 Å². The Morgan fingerprint density at radius 3 is 2.71 bits per heavy atom. The third kappa shape index (κ3) is 4.08. The molecule has 0 aromatic carbocycles. The summed E-state index contributed by atoms with van der Waals surface area (Å²) < 4.78 is 8.48. The van der Waals surface area contributed by atoms with Gasteiger partial charge in [0.15, 0.2) is 0 Å². The Hall–Kier alpha value is -0.390. The highest BCUT2D eigenvalue weighted by Gasteiger charge is 2.12. The minimum atomic E-state index is 0.759. The lowest BCUT2D eigenvalue weighted by Gasteiger charge is -2.07. The van der Waals surface area contributed by atoms with Gasteiger partial charge in [0.25, 0.3) is 0 Å². The number of nitrogens with one attached hydrogen (secondary N) is 1. The van der Waals surface area contributed by atoms with Gasteiger partial charge >= 0.3 is 0 Å². The summed E-state index contributed by atoms with van der Waals surface area (Å²) in [7, 11) is 0. The smallest absolute Gasteiger partial charge is 0.0767 e. The molecule has 0 aliphatic carbocycles. The van der Waals surface area contributed by atoms with E-state index in [0.717, 1.165) is 49.4 Å². The molecular weight excluding hydrogens is 282 g/mol. The van der Waals surface area contributed by atoms with E-state index in [1.54, 1.807) is 0 Å². The van der Waals surface area contributed by atoms with Crippen LogP contribution in [-0.2, 0) is 24.2 Å². The molecule has 0 spiro atoms. The van der Waals surface area contributed by atoms with Crippen molar-refractivity contribution >= 4 is 15.9 Å². The number of nitrogens with zero attached hydrogens (tertiary/aromatic N) is 2. The van der Waals surface area contributed by atoms with E-state index in [1.165, 1.54) is 5.69 Å². The van der Waals surface area contributed by atoms with Crippen molar-refractivity contribution in [2.24, 2.45) is 0 Å². The van der Waals surface area contributed by atoms with E-state index in [4.69, 9.17) is 4.74 Å². The zero-order valence-corrected chi connectivity index (χ0v) is 12.5. The monoisotopic (exact) mass is 303 g/mol. The lowest BCUT2D eigenvalue weighted by atomic mass is 10.3. The maximum absolute atomic E-state index is 5.29. The van der Waals surface area contributed by atoms with Crippen molar-refractivity contribution in [1.29, 1.82) is 0 Å². The zero-order valence-electron chi connectivity index (χ0n) is 10.9. The first-order valence-electron chi connectivity index (χ1n) is 6.27. The fourth-order valence-electron chi connectivity index (χ4n) is 1.68. The van der Waals surface area contributed by atoms with Gasteiger partial charge < -0.3 is 10.1 Å². The van der Waals surface area contributed by atoms with Crippen LogP contribution < -0.4 is 5.32 Å². The van der Waals surface area contributed by atoms with Gasteiger partial charge in [-0.1, -0.05) is 6.92 Å². The molecule has 1 rings (SSSR count). The van der Waals surface area contributed by atoms with Gasteiger partial charge in [0.05, 0.1) is 22.5 Å². The largest absolute Gasteiger partial charge is 0.380 e. The standard InChI is InChI=1S/C12H22BrN3O/c1-4-10-12(13)11(16(5-2)15-10)9-14-7-8-17-6-3/h14H,4-9H2,1-3H3. The second-order valence-corrected chi connectivity index (χ2v) is 4.54. The van der Waals surface area contributed by atoms with Crippen LogP contribution in [0, 0.1) is 0 Å². The molecule has 1 heterocycles. The molecule has 0 bridgehead atoms.